The summed E-state index contributed by atoms with van der Waals surface area (Å²) in [5.74, 6) is -1.27. The summed E-state index contributed by atoms with van der Waals surface area (Å²) in [6.45, 7) is 3.57. The van der Waals surface area contributed by atoms with Gasteiger partial charge in [-0.15, -0.1) is 0 Å². The molecule has 0 saturated heterocycles. The second kappa shape index (κ2) is 12.9. The number of ether oxygens (including phenoxy) is 1. The Bertz CT molecular complexity index is 1560. The van der Waals surface area contributed by atoms with E-state index in [1.807, 2.05) is 0 Å². The number of carbonyl (C=O) groups excluding carboxylic acids is 3. The summed E-state index contributed by atoms with van der Waals surface area (Å²) in [7, 11) is 0. The van der Waals surface area contributed by atoms with Crippen LogP contribution in [0.25, 0.3) is 5.32 Å². The van der Waals surface area contributed by atoms with Crippen molar-refractivity contribution in [3.63, 3.8) is 0 Å². The number of urea groups is 1. The molecule has 2 aromatic carbocycles. The van der Waals surface area contributed by atoms with Crippen LogP contribution >= 0.6 is 0 Å². The molecule has 14 heteroatoms. The van der Waals surface area contributed by atoms with Gasteiger partial charge in [-0.05, 0) is 60.1 Å². The molecule has 4 rings (SSSR count). The number of aromatic nitrogens is 3. The number of esters is 1. The molecule has 0 aliphatic rings. The largest absolute Gasteiger partial charge is 0.459 e. The summed E-state index contributed by atoms with van der Waals surface area (Å²) < 4.78 is 51.9. The van der Waals surface area contributed by atoms with Crippen LogP contribution in [0.1, 0.15) is 41.0 Å². The van der Waals surface area contributed by atoms with Gasteiger partial charge in [0.05, 0.1) is 23.7 Å². The summed E-state index contributed by atoms with van der Waals surface area (Å²) in [4.78, 5) is 41.0. The molecule has 0 aliphatic carbocycles. The number of amides is 3. The maximum absolute atomic E-state index is 13.5. The lowest BCUT2D eigenvalue weighted by atomic mass is 10.1. The number of rotatable bonds is 9. The van der Waals surface area contributed by atoms with Gasteiger partial charge in [0.15, 0.2) is 11.3 Å². The highest BCUT2D eigenvalue weighted by Crippen LogP contribution is 2.34. The third-order valence-electron chi connectivity index (χ3n) is 5.44. The molecule has 3 amide bonds. The van der Waals surface area contributed by atoms with Crippen molar-refractivity contribution < 1.29 is 41.5 Å². The zero-order chi connectivity index (χ0) is 30.3. The molecule has 218 valence electrons. The van der Waals surface area contributed by atoms with Gasteiger partial charge < -0.3 is 25.2 Å². The summed E-state index contributed by atoms with van der Waals surface area (Å²) in [5, 5.41) is 12.1. The van der Waals surface area contributed by atoms with Gasteiger partial charge in [0, 0.05) is 11.9 Å². The first-order chi connectivity index (χ1) is 19.9. The van der Waals surface area contributed by atoms with Crippen LogP contribution in [0, 0.1) is 0 Å². The number of pyridine rings is 1. The number of halogens is 3. The first-order valence-corrected chi connectivity index (χ1v) is 12.6. The van der Waals surface area contributed by atoms with Crippen molar-refractivity contribution in [2.75, 3.05) is 10.6 Å². The molecule has 0 aliphatic heterocycles. The van der Waals surface area contributed by atoms with Crippen molar-refractivity contribution in [1.29, 1.82) is 0 Å². The Morgan fingerprint density at radius 2 is 1.74 bits per heavy atom. The van der Waals surface area contributed by atoms with Gasteiger partial charge in [-0.2, -0.15) is 13.2 Å². The molecule has 0 fully saturated rings. The van der Waals surface area contributed by atoms with Crippen molar-refractivity contribution in [2.45, 2.75) is 39.1 Å². The SMILES string of the molecule is CC(C)OC(=O)c1ccc(C[n+]2cc([N-]C(=O)Nc3cc(NC(=O)Cc4ccccc4)cc(C(F)(F)F)c3)on2)nc1. The predicted molar refractivity (Wildman–Crippen MR) is 143 cm³/mol. The van der Waals surface area contributed by atoms with E-state index < -0.39 is 29.6 Å². The number of hydrogen-bond acceptors (Lipinski definition) is 7. The zero-order valence-electron chi connectivity index (χ0n) is 22.4. The van der Waals surface area contributed by atoms with Crippen molar-refractivity contribution in [1.82, 2.24) is 10.3 Å². The maximum atomic E-state index is 13.5. The molecule has 0 radical (unpaired) electrons. The quantitative estimate of drug-likeness (QED) is 0.199. The Morgan fingerprint density at radius 1 is 1.02 bits per heavy atom. The Kier molecular flexibility index (Phi) is 9.15. The van der Waals surface area contributed by atoms with E-state index in [-0.39, 0.29) is 41.9 Å². The van der Waals surface area contributed by atoms with Crippen molar-refractivity contribution in [3.05, 3.63) is 101 Å². The lowest BCUT2D eigenvalue weighted by Gasteiger charge is -2.18. The van der Waals surface area contributed by atoms with Gasteiger partial charge in [-0.1, -0.05) is 30.3 Å². The smallest absolute Gasteiger partial charge is 0.416 e. The topological polar surface area (TPSA) is 141 Å². The van der Waals surface area contributed by atoms with Gasteiger partial charge in [0.1, 0.15) is 5.69 Å². The molecule has 0 atom stereocenters. The minimum atomic E-state index is -4.74. The molecule has 0 bridgehead atoms. The summed E-state index contributed by atoms with van der Waals surface area (Å²) in [5.41, 5.74) is -0.0213. The van der Waals surface area contributed by atoms with Crippen LogP contribution in [0.4, 0.5) is 35.2 Å². The average molecular weight is 583 g/mol. The van der Waals surface area contributed by atoms with Crippen molar-refractivity contribution >= 4 is 35.2 Å². The number of nitrogens with one attached hydrogen (secondary N) is 2. The minimum Gasteiger partial charge on any atom is -0.459 e. The Morgan fingerprint density at radius 3 is 2.38 bits per heavy atom. The number of benzene rings is 2. The van der Waals surface area contributed by atoms with E-state index in [1.54, 1.807) is 56.3 Å². The molecular weight excluding hydrogens is 557 g/mol. The van der Waals surface area contributed by atoms with E-state index in [2.05, 4.69) is 26.2 Å². The molecular formula is C28H25F3N6O5. The molecule has 2 heterocycles. The van der Waals surface area contributed by atoms with Crippen LogP contribution in [-0.2, 0) is 28.7 Å². The van der Waals surface area contributed by atoms with Crippen LogP contribution in [0.15, 0.2) is 77.6 Å². The first-order valence-electron chi connectivity index (χ1n) is 12.6. The molecule has 42 heavy (non-hydrogen) atoms. The van der Waals surface area contributed by atoms with Crippen LogP contribution in [0.5, 0.6) is 0 Å². The van der Waals surface area contributed by atoms with Gasteiger partial charge in [0.2, 0.25) is 24.5 Å². The normalized spacial score (nSPS) is 11.2. The monoisotopic (exact) mass is 582 g/mol. The van der Waals surface area contributed by atoms with E-state index in [1.165, 1.54) is 23.1 Å². The fourth-order valence-electron chi connectivity index (χ4n) is 3.65. The van der Waals surface area contributed by atoms with Crippen LogP contribution in [0.2, 0.25) is 0 Å². The second-order valence-electron chi connectivity index (χ2n) is 9.28. The Hall–Kier alpha value is -5.27. The molecule has 0 unspecified atom stereocenters. The predicted octanol–water partition coefficient (Wildman–Crippen LogP) is 5.41. The second-order valence-corrected chi connectivity index (χ2v) is 9.28. The fourth-order valence-corrected chi connectivity index (χ4v) is 3.65. The molecule has 0 spiro atoms. The highest BCUT2D eigenvalue weighted by Gasteiger charge is 2.31. The zero-order valence-corrected chi connectivity index (χ0v) is 22.4. The third kappa shape index (κ3) is 8.61. The number of nitrogens with zero attached hydrogens (tertiary/aromatic N) is 4. The highest BCUT2D eigenvalue weighted by atomic mass is 19.4. The highest BCUT2D eigenvalue weighted by molar-refractivity contribution is 6.04. The Labute approximate surface area is 237 Å². The van der Waals surface area contributed by atoms with Gasteiger partial charge in [-0.25, -0.2) is 4.79 Å². The summed E-state index contributed by atoms with van der Waals surface area (Å²) >= 11 is 0. The maximum Gasteiger partial charge on any atom is 0.416 e. The van der Waals surface area contributed by atoms with Gasteiger partial charge in [-0.3, -0.25) is 14.6 Å². The van der Waals surface area contributed by atoms with E-state index in [0.29, 0.717) is 17.3 Å². The number of hydrogen-bond donors (Lipinski definition) is 2. The lowest BCUT2D eigenvalue weighted by molar-refractivity contribution is -0.755. The number of carbonyl (C=O) groups is 3. The molecule has 0 saturated carbocycles. The first kappa shape index (κ1) is 29.7. The van der Waals surface area contributed by atoms with Gasteiger partial charge in [0.25, 0.3) is 0 Å². The molecule has 2 N–H and O–H groups in total. The average Bonchev–Trinajstić information content (AvgIpc) is 3.34. The van der Waals surface area contributed by atoms with Crippen LogP contribution < -0.4 is 15.3 Å². The minimum absolute atomic E-state index is 0.0516. The van der Waals surface area contributed by atoms with E-state index in [0.717, 1.165) is 6.07 Å². The number of anilines is 2. The molecule has 4 aromatic rings. The molecule has 11 nitrogen and oxygen atoms in total. The van der Waals surface area contributed by atoms with Crippen LogP contribution in [0.3, 0.4) is 0 Å². The van der Waals surface area contributed by atoms with Crippen LogP contribution in [-0.4, -0.2) is 34.3 Å². The van der Waals surface area contributed by atoms with Crippen molar-refractivity contribution in [3.8, 4) is 0 Å². The standard InChI is InChI=1S/C28H25F3N6O5/c1-17(2)41-26(39)19-8-9-21(32-14-19)15-37-16-25(42-36-37)35-27(40)34-23-12-20(28(29,30)31)11-22(13-23)33-24(38)10-18-6-4-3-5-7-18/h3-9,11-14,16-17H,10,15H2,1-2H3,(H2-,33,34,35,36,38,40). The van der Waals surface area contributed by atoms with Gasteiger partial charge >= 0.3 is 12.1 Å². The van der Waals surface area contributed by atoms with Crippen molar-refractivity contribution in [2.24, 2.45) is 0 Å². The summed E-state index contributed by atoms with van der Waals surface area (Å²) in [6, 6.07) is 13.4. The number of alkyl halides is 3. The third-order valence-corrected chi connectivity index (χ3v) is 5.44. The van der Waals surface area contributed by atoms with E-state index in [4.69, 9.17) is 9.26 Å². The van der Waals surface area contributed by atoms with E-state index in [9.17, 15) is 27.6 Å². The Balaban J connectivity index is 1.38. The lowest BCUT2D eigenvalue weighted by Crippen LogP contribution is -2.35. The van der Waals surface area contributed by atoms with E-state index >= 15 is 0 Å². The summed E-state index contributed by atoms with van der Waals surface area (Å²) in [6.07, 6.45) is -2.43. The molecule has 2 aromatic heterocycles. The fraction of sp³-hybridized carbons (Fsp3) is 0.214.